The number of amides is 2. The van der Waals surface area contributed by atoms with Crippen LogP contribution < -0.4 is 10.6 Å². The van der Waals surface area contributed by atoms with Gasteiger partial charge in [-0.25, -0.2) is 9.59 Å². The first-order chi connectivity index (χ1) is 17.6. The molecule has 0 bridgehead atoms. The molecule has 1 rings (SSSR count). The van der Waals surface area contributed by atoms with Crippen molar-refractivity contribution < 1.29 is 42.9 Å². The number of ether oxygens (including phenoxy) is 4. The molecule has 0 saturated heterocycles. The lowest BCUT2D eigenvalue weighted by atomic mass is 10.1. The van der Waals surface area contributed by atoms with Crippen LogP contribution in [0.15, 0.2) is 30.3 Å². The van der Waals surface area contributed by atoms with Crippen molar-refractivity contribution in [3.05, 3.63) is 35.9 Å². The summed E-state index contributed by atoms with van der Waals surface area (Å²) in [5, 5.41) is 4.93. The lowest BCUT2D eigenvalue weighted by Gasteiger charge is -2.24. The molecule has 2 N–H and O–H groups in total. The summed E-state index contributed by atoms with van der Waals surface area (Å²) in [6.07, 6.45) is -1.45. The number of hydrogen-bond donors (Lipinski definition) is 2. The highest BCUT2D eigenvalue weighted by Crippen LogP contribution is 2.13. The topological polar surface area (TPSA) is 146 Å². The minimum atomic E-state index is -1.24. The van der Waals surface area contributed by atoms with Crippen LogP contribution in [-0.2, 0) is 44.7 Å². The predicted octanol–water partition coefficient (Wildman–Crippen LogP) is 3.18. The molecule has 0 aliphatic carbocycles. The van der Waals surface area contributed by atoms with Crippen LogP contribution in [0.3, 0.4) is 0 Å². The third-order valence-electron chi connectivity index (χ3n) is 4.74. The third-order valence-corrected chi connectivity index (χ3v) is 4.74. The standard InChI is InChI=1S/C27H40N2O9/c1-26(2,3)37-21(30)15-13-19(29-25(34)36-17-18-11-9-8-10-12-18)23(32)28-20(24(33)35-7)14-16-22(31)38-27(4,5)6/h8-12,19-20H,13-17H2,1-7H3,(H,28,32)(H,29,34). The summed E-state index contributed by atoms with van der Waals surface area (Å²) in [5.41, 5.74) is -0.697. The second kappa shape index (κ2) is 14.9. The smallest absolute Gasteiger partial charge is 0.408 e. The fourth-order valence-electron chi connectivity index (χ4n) is 3.15. The second-order valence-corrected chi connectivity index (χ2v) is 10.6. The summed E-state index contributed by atoms with van der Waals surface area (Å²) in [5.74, 6) is -2.65. The molecule has 1 aromatic rings. The summed E-state index contributed by atoms with van der Waals surface area (Å²) in [6.45, 7) is 10.2. The number of esters is 3. The highest BCUT2D eigenvalue weighted by molar-refractivity contribution is 5.90. The average Bonchev–Trinajstić information content (AvgIpc) is 2.80. The van der Waals surface area contributed by atoms with Crippen LogP contribution in [0.25, 0.3) is 0 Å². The lowest BCUT2D eigenvalue weighted by molar-refractivity contribution is -0.157. The molecule has 0 spiro atoms. The van der Waals surface area contributed by atoms with Gasteiger partial charge in [0.15, 0.2) is 0 Å². The molecule has 11 heteroatoms. The Kier molecular flexibility index (Phi) is 12.7. The molecular weight excluding hydrogens is 496 g/mol. The molecule has 0 heterocycles. The number of carbonyl (C=O) groups is 5. The zero-order valence-corrected chi connectivity index (χ0v) is 23.3. The zero-order chi connectivity index (χ0) is 28.9. The highest BCUT2D eigenvalue weighted by atomic mass is 16.6. The normalized spacial score (nSPS) is 12.9. The van der Waals surface area contributed by atoms with Crippen molar-refractivity contribution in [1.82, 2.24) is 10.6 Å². The van der Waals surface area contributed by atoms with Gasteiger partial charge in [0.2, 0.25) is 5.91 Å². The van der Waals surface area contributed by atoms with Crippen LogP contribution in [0, 0.1) is 0 Å². The molecule has 2 atom stereocenters. The van der Waals surface area contributed by atoms with Crippen molar-refractivity contribution in [2.75, 3.05) is 7.11 Å². The monoisotopic (exact) mass is 536 g/mol. The SMILES string of the molecule is COC(=O)C(CCC(=O)OC(C)(C)C)NC(=O)C(CCC(=O)OC(C)(C)C)NC(=O)OCc1ccccc1. The molecule has 0 fully saturated rings. The van der Waals surface area contributed by atoms with Crippen molar-refractivity contribution in [2.24, 2.45) is 0 Å². The Labute approximate surface area is 223 Å². The number of methoxy groups -OCH3 is 1. The van der Waals surface area contributed by atoms with Crippen LogP contribution >= 0.6 is 0 Å². The molecule has 2 unspecified atom stereocenters. The van der Waals surface area contributed by atoms with Gasteiger partial charge >= 0.3 is 24.0 Å². The molecule has 0 saturated carbocycles. The molecule has 1 aromatic carbocycles. The molecular formula is C27H40N2O9. The summed E-state index contributed by atoms with van der Waals surface area (Å²) in [4.78, 5) is 62.2. The predicted molar refractivity (Wildman–Crippen MR) is 138 cm³/mol. The Morgan fingerprint density at radius 3 is 1.74 bits per heavy atom. The number of carbonyl (C=O) groups excluding carboxylic acids is 5. The summed E-state index contributed by atoms with van der Waals surface area (Å²) >= 11 is 0. The van der Waals surface area contributed by atoms with Gasteiger partial charge in [-0.15, -0.1) is 0 Å². The van der Waals surface area contributed by atoms with Crippen LogP contribution in [-0.4, -0.2) is 60.3 Å². The fraction of sp³-hybridized carbons (Fsp3) is 0.593. The molecule has 0 radical (unpaired) electrons. The molecule has 2 amide bonds. The van der Waals surface area contributed by atoms with E-state index in [1.165, 1.54) is 0 Å². The minimum Gasteiger partial charge on any atom is -0.467 e. The summed E-state index contributed by atoms with van der Waals surface area (Å²) in [7, 11) is 1.15. The van der Waals surface area contributed by atoms with E-state index in [-0.39, 0.29) is 32.3 Å². The first-order valence-electron chi connectivity index (χ1n) is 12.4. The Morgan fingerprint density at radius 1 is 0.763 bits per heavy atom. The van der Waals surface area contributed by atoms with Crippen LogP contribution in [0.2, 0.25) is 0 Å². The number of hydrogen-bond acceptors (Lipinski definition) is 9. The Morgan fingerprint density at radius 2 is 1.26 bits per heavy atom. The number of nitrogens with one attached hydrogen (secondary N) is 2. The maximum absolute atomic E-state index is 13.1. The van der Waals surface area contributed by atoms with Gasteiger partial charge < -0.3 is 29.6 Å². The molecule has 0 aliphatic rings. The zero-order valence-electron chi connectivity index (χ0n) is 23.3. The van der Waals surface area contributed by atoms with Gasteiger partial charge in [-0.2, -0.15) is 0 Å². The molecule has 38 heavy (non-hydrogen) atoms. The van der Waals surface area contributed by atoms with E-state index in [0.717, 1.165) is 12.7 Å². The van der Waals surface area contributed by atoms with E-state index >= 15 is 0 Å². The maximum atomic E-state index is 13.1. The Balaban J connectivity index is 2.91. The van der Waals surface area contributed by atoms with E-state index in [1.54, 1.807) is 65.8 Å². The van der Waals surface area contributed by atoms with E-state index in [0.29, 0.717) is 0 Å². The molecule has 212 valence electrons. The van der Waals surface area contributed by atoms with E-state index in [4.69, 9.17) is 18.9 Å². The van der Waals surface area contributed by atoms with Gasteiger partial charge in [0.05, 0.1) is 7.11 Å². The van der Waals surface area contributed by atoms with Gasteiger partial charge in [0.25, 0.3) is 0 Å². The Bertz CT molecular complexity index is 950. The van der Waals surface area contributed by atoms with E-state index < -0.39 is 53.2 Å². The highest BCUT2D eigenvalue weighted by Gasteiger charge is 2.30. The minimum absolute atomic E-state index is 0.0340. The van der Waals surface area contributed by atoms with Crippen molar-refractivity contribution in [3.63, 3.8) is 0 Å². The van der Waals surface area contributed by atoms with Crippen LogP contribution in [0.5, 0.6) is 0 Å². The average molecular weight is 537 g/mol. The van der Waals surface area contributed by atoms with Crippen molar-refractivity contribution in [1.29, 1.82) is 0 Å². The van der Waals surface area contributed by atoms with Gasteiger partial charge in [-0.3, -0.25) is 14.4 Å². The van der Waals surface area contributed by atoms with Crippen molar-refractivity contribution in [2.45, 2.75) is 97.1 Å². The van der Waals surface area contributed by atoms with Gasteiger partial charge in [0.1, 0.15) is 29.9 Å². The number of benzene rings is 1. The molecule has 11 nitrogen and oxygen atoms in total. The van der Waals surface area contributed by atoms with Gasteiger partial charge in [-0.1, -0.05) is 30.3 Å². The van der Waals surface area contributed by atoms with Crippen LogP contribution in [0.4, 0.5) is 4.79 Å². The van der Waals surface area contributed by atoms with Gasteiger partial charge in [0, 0.05) is 12.8 Å². The number of alkyl carbamates (subject to hydrolysis) is 1. The van der Waals surface area contributed by atoms with E-state index in [2.05, 4.69) is 10.6 Å². The van der Waals surface area contributed by atoms with E-state index in [1.807, 2.05) is 6.07 Å². The van der Waals surface area contributed by atoms with Crippen molar-refractivity contribution >= 4 is 29.9 Å². The largest absolute Gasteiger partial charge is 0.467 e. The maximum Gasteiger partial charge on any atom is 0.408 e. The lowest BCUT2D eigenvalue weighted by Crippen LogP contribution is -2.52. The quantitative estimate of drug-likeness (QED) is 0.304. The van der Waals surface area contributed by atoms with Crippen LogP contribution in [0.1, 0.15) is 72.8 Å². The second-order valence-electron chi connectivity index (χ2n) is 10.6. The summed E-state index contributed by atoms with van der Waals surface area (Å²) < 4.78 is 20.5. The third kappa shape index (κ3) is 14.2. The molecule has 0 aromatic heterocycles. The number of rotatable bonds is 12. The first kappa shape index (κ1) is 32.4. The van der Waals surface area contributed by atoms with Gasteiger partial charge in [-0.05, 0) is 59.9 Å². The van der Waals surface area contributed by atoms with E-state index in [9.17, 15) is 24.0 Å². The van der Waals surface area contributed by atoms with Crippen molar-refractivity contribution in [3.8, 4) is 0 Å². The molecule has 0 aliphatic heterocycles. The Hall–Kier alpha value is -3.63. The summed E-state index contributed by atoms with van der Waals surface area (Å²) in [6, 6.07) is 6.51. The first-order valence-corrected chi connectivity index (χ1v) is 12.4. The fourth-order valence-corrected chi connectivity index (χ4v) is 3.15.